The molecule has 2 aliphatic rings. The minimum Gasteiger partial charge on any atom is -0.467 e. The second-order valence-electron chi connectivity index (χ2n) is 6.94. The van der Waals surface area contributed by atoms with Crippen LogP contribution in [0.4, 0.5) is 5.69 Å². The number of amides is 2. The minimum absolute atomic E-state index is 0.182. The summed E-state index contributed by atoms with van der Waals surface area (Å²) in [7, 11) is 0. The Kier molecular flexibility index (Phi) is 4.77. The molecule has 5 nitrogen and oxygen atoms in total. The molecule has 0 atom stereocenters. The number of furan rings is 1. The van der Waals surface area contributed by atoms with E-state index in [2.05, 4.69) is 0 Å². The largest absolute Gasteiger partial charge is 0.467 e. The lowest BCUT2D eigenvalue weighted by molar-refractivity contribution is -0.123. The molecule has 1 aromatic heterocycles. The van der Waals surface area contributed by atoms with Crippen molar-refractivity contribution in [2.24, 2.45) is 0 Å². The van der Waals surface area contributed by atoms with Gasteiger partial charge in [-0.15, -0.1) is 0 Å². The highest BCUT2D eigenvalue weighted by atomic mass is 32.2. The molecule has 0 bridgehead atoms. The number of carbonyl (C=O) groups excluding carboxylic acids is 2. The van der Waals surface area contributed by atoms with E-state index in [1.165, 1.54) is 16.7 Å². The Bertz CT molecular complexity index is 1190. The van der Waals surface area contributed by atoms with Crippen LogP contribution in [0.1, 0.15) is 16.9 Å². The summed E-state index contributed by atoms with van der Waals surface area (Å²) >= 11 is 6.62. The van der Waals surface area contributed by atoms with E-state index in [1.54, 1.807) is 23.3 Å². The van der Waals surface area contributed by atoms with Crippen molar-refractivity contribution in [1.29, 1.82) is 0 Å². The maximum Gasteiger partial charge on any atom is 0.267 e. The van der Waals surface area contributed by atoms with Crippen molar-refractivity contribution in [2.75, 3.05) is 4.90 Å². The Morgan fingerprint density at radius 1 is 0.833 bits per heavy atom. The molecule has 0 radical (unpaired) electrons. The summed E-state index contributed by atoms with van der Waals surface area (Å²) in [4.78, 5) is 30.2. The Morgan fingerprint density at radius 2 is 1.60 bits per heavy atom. The third-order valence-electron chi connectivity index (χ3n) is 5.08. The van der Waals surface area contributed by atoms with Gasteiger partial charge >= 0.3 is 0 Å². The smallest absolute Gasteiger partial charge is 0.267 e. The molecule has 0 aliphatic carbocycles. The summed E-state index contributed by atoms with van der Waals surface area (Å²) in [6, 6.07) is 20.9. The average Bonchev–Trinajstić information content (AvgIpc) is 3.44. The first-order chi connectivity index (χ1) is 14.6. The fourth-order valence-electron chi connectivity index (χ4n) is 3.67. The van der Waals surface area contributed by atoms with E-state index in [9.17, 15) is 9.59 Å². The zero-order valence-electron chi connectivity index (χ0n) is 15.8. The first-order valence-electron chi connectivity index (χ1n) is 9.39. The molecule has 3 aromatic rings. The fraction of sp³-hybridized carbons (Fsp3) is 0.0870. The number of thioether (sulfide) groups is 1. The molecule has 148 valence electrons. The Hall–Kier alpha value is -3.16. The van der Waals surface area contributed by atoms with Crippen molar-refractivity contribution in [3.8, 4) is 0 Å². The van der Waals surface area contributed by atoms with Crippen LogP contribution in [0.15, 0.2) is 82.3 Å². The molecule has 5 rings (SSSR count). The van der Waals surface area contributed by atoms with Crippen molar-refractivity contribution in [3.05, 3.63) is 94.8 Å². The van der Waals surface area contributed by atoms with Gasteiger partial charge in [-0.1, -0.05) is 72.5 Å². The van der Waals surface area contributed by atoms with Gasteiger partial charge in [0, 0.05) is 5.56 Å². The van der Waals surface area contributed by atoms with Gasteiger partial charge in [0.2, 0.25) is 0 Å². The molecule has 2 aromatic carbocycles. The Morgan fingerprint density at radius 3 is 2.37 bits per heavy atom. The summed E-state index contributed by atoms with van der Waals surface area (Å²) in [5.41, 5.74) is 3.00. The number of hydrogen-bond acceptors (Lipinski definition) is 5. The lowest BCUT2D eigenvalue weighted by atomic mass is 10.1. The Balaban J connectivity index is 1.54. The molecule has 3 heterocycles. The van der Waals surface area contributed by atoms with Crippen LogP contribution in [0.2, 0.25) is 0 Å². The minimum atomic E-state index is -0.263. The van der Waals surface area contributed by atoms with Crippen molar-refractivity contribution in [2.45, 2.75) is 13.1 Å². The predicted molar refractivity (Wildman–Crippen MR) is 120 cm³/mol. The van der Waals surface area contributed by atoms with E-state index < -0.39 is 0 Å². The first kappa shape index (κ1) is 18.8. The number of anilines is 1. The SMILES string of the molecule is O=C1C(=C2C(=O)N(Cc3ccccc3)c3ccccc32)SC(=S)N1Cc1ccco1. The lowest BCUT2D eigenvalue weighted by Crippen LogP contribution is -2.29. The fourth-order valence-corrected chi connectivity index (χ4v) is 4.99. The van der Waals surface area contributed by atoms with Gasteiger partial charge in [0.1, 0.15) is 10.1 Å². The number of hydrogen-bond donors (Lipinski definition) is 0. The maximum atomic E-state index is 13.5. The average molecular weight is 433 g/mol. The molecule has 2 aliphatic heterocycles. The van der Waals surface area contributed by atoms with Crippen LogP contribution >= 0.6 is 24.0 Å². The first-order valence-corrected chi connectivity index (χ1v) is 10.6. The van der Waals surface area contributed by atoms with Crippen molar-refractivity contribution in [3.63, 3.8) is 0 Å². The van der Waals surface area contributed by atoms with Crippen LogP contribution in [0, 0.1) is 0 Å². The molecule has 2 amide bonds. The van der Waals surface area contributed by atoms with E-state index in [0.717, 1.165) is 16.8 Å². The number of carbonyl (C=O) groups is 2. The van der Waals surface area contributed by atoms with Gasteiger partial charge in [0.25, 0.3) is 11.8 Å². The normalized spacial score (nSPS) is 18.5. The molecule has 0 spiro atoms. The molecule has 30 heavy (non-hydrogen) atoms. The van der Waals surface area contributed by atoms with E-state index in [1.807, 2.05) is 54.6 Å². The van der Waals surface area contributed by atoms with Crippen LogP contribution in [-0.2, 0) is 22.7 Å². The van der Waals surface area contributed by atoms with Crippen LogP contribution in [0.5, 0.6) is 0 Å². The van der Waals surface area contributed by atoms with Crippen LogP contribution in [-0.4, -0.2) is 21.0 Å². The van der Waals surface area contributed by atoms with Gasteiger partial charge in [0.15, 0.2) is 0 Å². The highest BCUT2D eigenvalue weighted by Gasteiger charge is 2.42. The third-order valence-corrected chi connectivity index (χ3v) is 6.53. The number of rotatable bonds is 4. The van der Waals surface area contributed by atoms with Gasteiger partial charge < -0.3 is 9.32 Å². The third kappa shape index (κ3) is 3.16. The monoisotopic (exact) mass is 432 g/mol. The van der Waals surface area contributed by atoms with Gasteiger partial charge in [0.05, 0.1) is 35.5 Å². The number of benzene rings is 2. The zero-order valence-corrected chi connectivity index (χ0v) is 17.4. The number of para-hydroxylation sites is 1. The van der Waals surface area contributed by atoms with Crippen molar-refractivity contribution >= 4 is 51.4 Å². The van der Waals surface area contributed by atoms with Crippen LogP contribution in [0.25, 0.3) is 5.57 Å². The van der Waals surface area contributed by atoms with Gasteiger partial charge in [-0.2, -0.15) is 0 Å². The van der Waals surface area contributed by atoms with Crippen LogP contribution < -0.4 is 4.90 Å². The summed E-state index contributed by atoms with van der Waals surface area (Å²) in [6.07, 6.45) is 1.56. The Labute approximate surface area is 183 Å². The summed E-state index contributed by atoms with van der Waals surface area (Å²) in [6.45, 7) is 0.685. The highest BCUT2D eigenvalue weighted by Crippen LogP contribution is 2.45. The van der Waals surface area contributed by atoms with Crippen LogP contribution in [0.3, 0.4) is 0 Å². The lowest BCUT2D eigenvalue weighted by Gasteiger charge is -2.17. The molecule has 1 saturated heterocycles. The van der Waals surface area contributed by atoms with Gasteiger partial charge in [-0.3, -0.25) is 14.5 Å². The van der Waals surface area contributed by atoms with E-state index in [4.69, 9.17) is 16.6 Å². The molecule has 0 N–H and O–H groups in total. The number of nitrogens with zero attached hydrogens (tertiary/aromatic N) is 2. The summed E-state index contributed by atoms with van der Waals surface area (Å²) in [5, 5.41) is 0. The maximum absolute atomic E-state index is 13.5. The summed E-state index contributed by atoms with van der Waals surface area (Å²) in [5.74, 6) is 0.195. The second kappa shape index (κ2) is 7.59. The molecular weight excluding hydrogens is 416 g/mol. The molecule has 0 unspecified atom stereocenters. The number of fused-ring (bicyclic) bond motifs is 1. The second-order valence-corrected chi connectivity index (χ2v) is 8.58. The topological polar surface area (TPSA) is 53.8 Å². The number of thiocarbonyl (C=S) groups is 1. The predicted octanol–water partition coefficient (Wildman–Crippen LogP) is 4.60. The van der Waals surface area contributed by atoms with Gasteiger partial charge in [-0.05, 0) is 23.8 Å². The molecule has 1 fully saturated rings. The zero-order chi connectivity index (χ0) is 20.7. The molecule has 0 saturated carbocycles. The van der Waals surface area contributed by atoms with E-state index >= 15 is 0 Å². The van der Waals surface area contributed by atoms with Crippen molar-refractivity contribution in [1.82, 2.24) is 4.90 Å². The quantitative estimate of drug-likeness (QED) is 0.446. The van der Waals surface area contributed by atoms with E-state index in [0.29, 0.717) is 27.1 Å². The standard InChI is InChI=1S/C23H16N2O3S2/c26-21-19(20-22(27)25(23(29)30-20)14-16-9-6-12-28-16)17-10-4-5-11-18(17)24(21)13-15-7-2-1-3-8-15/h1-12H,13-14H2. The van der Waals surface area contributed by atoms with Gasteiger partial charge in [-0.25, -0.2) is 0 Å². The molecular formula is C23H16N2O3S2. The highest BCUT2D eigenvalue weighted by molar-refractivity contribution is 8.26. The summed E-state index contributed by atoms with van der Waals surface area (Å²) < 4.78 is 5.78. The van der Waals surface area contributed by atoms with Crippen molar-refractivity contribution < 1.29 is 14.0 Å². The van der Waals surface area contributed by atoms with E-state index in [-0.39, 0.29) is 18.4 Å². The molecule has 7 heteroatoms.